The number of hydrogen-bond donors (Lipinski definition) is 1. The number of carbonyl (C=O) groups is 1. The molecule has 2 nitrogen and oxygen atoms in total. The number of β-lactam (4-membered cyclic amide) rings is 1. The summed E-state index contributed by atoms with van der Waals surface area (Å²) in [6.45, 7) is 0. The maximum atomic E-state index is 10.8. The average Bonchev–Trinajstić information content (AvgIpc) is 1.92. The van der Waals surface area contributed by atoms with E-state index in [2.05, 4.69) is 12.6 Å². The van der Waals surface area contributed by atoms with Crippen molar-refractivity contribution in [3.63, 3.8) is 0 Å². The summed E-state index contributed by atoms with van der Waals surface area (Å²) in [7, 11) is 0. The third-order valence-electron chi connectivity index (χ3n) is 1.66. The fourth-order valence-electron chi connectivity index (χ4n) is 1.08. The van der Waals surface area contributed by atoms with Gasteiger partial charge in [-0.15, -0.1) is 24.4 Å². The molecule has 0 aromatic carbocycles. The van der Waals surface area contributed by atoms with Crippen molar-refractivity contribution in [2.75, 3.05) is 5.75 Å². The lowest BCUT2D eigenvalue weighted by Gasteiger charge is -2.40. The van der Waals surface area contributed by atoms with Gasteiger partial charge in [0.15, 0.2) is 0 Å². The molecular formula is C6H7NOS2. The molecule has 0 unspecified atom stereocenters. The van der Waals surface area contributed by atoms with Crippen LogP contribution in [-0.4, -0.2) is 21.9 Å². The van der Waals surface area contributed by atoms with Crippen LogP contribution in [0.2, 0.25) is 0 Å². The molecule has 0 aromatic rings. The first kappa shape index (κ1) is 6.61. The van der Waals surface area contributed by atoms with Gasteiger partial charge in [-0.05, 0) is 0 Å². The first-order chi connectivity index (χ1) is 4.77. The average molecular weight is 173 g/mol. The van der Waals surface area contributed by atoms with Crippen molar-refractivity contribution in [2.45, 2.75) is 11.8 Å². The second-order valence-corrected chi connectivity index (χ2v) is 4.13. The normalized spacial score (nSPS) is 30.9. The van der Waals surface area contributed by atoms with Gasteiger partial charge in [-0.1, -0.05) is 0 Å². The molecular weight excluding hydrogens is 166 g/mol. The standard InChI is InChI=1S/C6H7NOS2/c8-5-1-6-7(5)2-4(9)3-10-6/h2,6,9H,1,3H2/t6-/m0/s1. The SMILES string of the molecule is O=C1C[C@@H]2SCC(S)=CN12. The van der Waals surface area contributed by atoms with Crippen molar-refractivity contribution in [1.82, 2.24) is 4.90 Å². The zero-order valence-electron chi connectivity index (χ0n) is 5.28. The molecule has 0 aliphatic carbocycles. The third-order valence-corrected chi connectivity index (χ3v) is 3.40. The van der Waals surface area contributed by atoms with E-state index < -0.39 is 0 Å². The molecule has 1 atom stereocenters. The Morgan fingerprint density at radius 1 is 1.80 bits per heavy atom. The highest BCUT2D eigenvalue weighted by Gasteiger charge is 2.37. The maximum Gasteiger partial charge on any atom is 0.230 e. The van der Waals surface area contributed by atoms with Crippen LogP contribution in [0.1, 0.15) is 6.42 Å². The highest BCUT2D eigenvalue weighted by molar-refractivity contribution is 8.01. The number of amides is 1. The minimum Gasteiger partial charge on any atom is -0.305 e. The monoisotopic (exact) mass is 173 g/mol. The number of thioether (sulfide) groups is 1. The molecule has 0 radical (unpaired) electrons. The van der Waals surface area contributed by atoms with E-state index in [1.54, 1.807) is 16.7 Å². The summed E-state index contributed by atoms with van der Waals surface area (Å²) in [6, 6.07) is 0. The maximum absolute atomic E-state index is 10.8. The Bertz CT molecular complexity index is 214. The van der Waals surface area contributed by atoms with Gasteiger partial charge in [0, 0.05) is 16.9 Å². The lowest BCUT2D eigenvalue weighted by molar-refractivity contribution is -0.137. The Hall–Kier alpha value is -0.0900. The van der Waals surface area contributed by atoms with Crippen LogP contribution >= 0.6 is 24.4 Å². The lowest BCUT2D eigenvalue weighted by atomic mass is 10.2. The van der Waals surface area contributed by atoms with Crippen LogP contribution < -0.4 is 0 Å². The van der Waals surface area contributed by atoms with Crippen LogP contribution in [0, 0.1) is 0 Å². The van der Waals surface area contributed by atoms with Gasteiger partial charge < -0.3 is 4.90 Å². The Morgan fingerprint density at radius 3 is 3.20 bits per heavy atom. The largest absolute Gasteiger partial charge is 0.305 e. The predicted octanol–water partition coefficient (Wildman–Crippen LogP) is 1.06. The highest BCUT2D eigenvalue weighted by Crippen LogP contribution is 2.36. The summed E-state index contributed by atoms with van der Waals surface area (Å²) in [6.07, 6.45) is 2.55. The van der Waals surface area contributed by atoms with E-state index in [0.717, 1.165) is 10.7 Å². The van der Waals surface area contributed by atoms with E-state index in [9.17, 15) is 4.79 Å². The molecule has 0 spiro atoms. The molecule has 1 saturated heterocycles. The van der Waals surface area contributed by atoms with Crippen LogP contribution in [0.25, 0.3) is 0 Å². The van der Waals surface area contributed by atoms with Crippen molar-refractivity contribution in [1.29, 1.82) is 0 Å². The molecule has 1 amide bonds. The van der Waals surface area contributed by atoms with E-state index in [0.29, 0.717) is 11.8 Å². The fraction of sp³-hybridized carbons (Fsp3) is 0.500. The molecule has 0 saturated carbocycles. The van der Waals surface area contributed by atoms with E-state index in [4.69, 9.17) is 0 Å². The van der Waals surface area contributed by atoms with E-state index in [1.807, 2.05) is 6.20 Å². The smallest absolute Gasteiger partial charge is 0.230 e. The van der Waals surface area contributed by atoms with Crippen molar-refractivity contribution < 1.29 is 4.79 Å². The number of thiol groups is 1. The molecule has 0 bridgehead atoms. The molecule has 2 rings (SSSR count). The quantitative estimate of drug-likeness (QED) is 0.437. The fourth-order valence-corrected chi connectivity index (χ4v) is 2.46. The van der Waals surface area contributed by atoms with Gasteiger partial charge in [0.25, 0.3) is 0 Å². The first-order valence-corrected chi connectivity index (χ1v) is 4.59. The number of carbonyl (C=O) groups excluding carboxylic acids is 1. The van der Waals surface area contributed by atoms with Crippen molar-refractivity contribution in [2.24, 2.45) is 0 Å². The molecule has 0 N–H and O–H groups in total. The van der Waals surface area contributed by atoms with E-state index in [1.165, 1.54) is 0 Å². The third kappa shape index (κ3) is 0.864. The second-order valence-electron chi connectivity index (χ2n) is 2.39. The Labute approximate surface area is 69.1 Å². The van der Waals surface area contributed by atoms with Crippen LogP contribution in [0.15, 0.2) is 11.1 Å². The van der Waals surface area contributed by atoms with E-state index >= 15 is 0 Å². The second kappa shape index (κ2) is 2.20. The summed E-state index contributed by atoms with van der Waals surface area (Å²) in [5, 5.41) is 0.420. The summed E-state index contributed by atoms with van der Waals surface area (Å²) in [4.78, 5) is 13.6. The van der Waals surface area contributed by atoms with Gasteiger partial charge in [-0.3, -0.25) is 4.79 Å². The van der Waals surface area contributed by atoms with Gasteiger partial charge >= 0.3 is 0 Å². The summed E-state index contributed by atoms with van der Waals surface area (Å²) in [5.41, 5.74) is 0. The number of hydrogen-bond acceptors (Lipinski definition) is 3. The van der Waals surface area contributed by atoms with Crippen LogP contribution in [0.3, 0.4) is 0 Å². The zero-order chi connectivity index (χ0) is 7.14. The Balaban J connectivity index is 2.18. The van der Waals surface area contributed by atoms with Gasteiger partial charge in [0.1, 0.15) is 0 Å². The van der Waals surface area contributed by atoms with Gasteiger partial charge in [-0.2, -0.15) is 0 Å². The van der Waals surface area contributed by atoms with E-state index in [-0.39, 0.29) is 5.91 Å². The van der Waals surface area contributed by atoms with Crippen molar-refractivity contribution >= 4 is 30.3 Å². The lowest BCUT2D eigenvalue weighted by Crippen LogP contribution is -2.48. The number of rotatable bonds is 0. The zero-order valence-corrected chi connectivity index (χ0v) is 6.99. The Kier molecular flexibility index (Phi) is 1.46. The molecule has 10 heavy (non-hydrogen) atoms. The molecule has 0 aromatic heterocycles. The van der Waals surface area contributed by atoms with Gasteiger partial charge in [0.2, 0.25) is 5.91 Å². The first-order valence-electron chi connectivity index (χ1n) is 3.10. The molecule has 4 heteroatoms. The molecule has 1 fully saturated rings. The summed E-state index contributed by atoms with van der Waals surface area (Å²) >= 11 is 5.97. The number of fused-ring (bicyclic) bond motifs is 1. The molecule has 54 valence electrons. The summed E-state index contributed by atoms with van der Waals surface area (Å²) in [5.74, 6) is 1.18. The molecule has 2 aliphatic heterocycles. The topological polar surface area (TPSA) is 20.3 Å². The van der Waals surface area contributed by atoms with Crippen molar-refractivity contribution in [3.05, 3.63) is 11.1 Å². The van der Waals surface area contributed by atoms with Crippen LogP contribution in [0.5, 0.6) is 0 Å². The van der Waals surface area contributed by atoms with Crippen LogP contribution in [0.4, 0.5) is 0 Å². The Morgan fingerprint density at radius 2 is 2.60 bits per heavy atom. The van der Waals surface area contributed by atoms with Gasteiger partial charge in [-0.25, -0.2) is 0 Å². The predicted molar refractivity (Wildman–Crippen MR) is 44.8 cm³/mol. The van der Waals surface area contributed by atoms with Crippen LogP contribution in [-0.2, 0) is 4.79 Å². The number of nitrogens with zero attached hydrogens (tertiary/aromatic N) is 1. The summed E-state index contributed by atoms with van der Waals surface area (Å²) < 4.78 is 0. The molecule has 2 heterocycles. The molecule has 2 aliphatic rings. The van der Waals surface area contributed by atoms with Gasteiger partial charge in [0.05, 0.1) is 11.8 Å². The minimum atomic E-state index is 0.226. The minimum absolute atomic E-state index is 0.226. The highest BCUT2D eigenvalue weighted by atomic mass is 32.2. The van der Waals surface area contributed by atoms with Crippen molar-refractivity contribution in [3.8, 4) is 0 Å².